The van der Waals surface area contributed by atoms with Gasteiger partial charge < -0.3 is 10.8 Å². The number of nitrogens with one attached hydrogen (secondary N) is 1. The second kappa shape index (κ2) is 8.82. The molecule has 1 rings (SSSR count). The van der Waals surface area contributed by atoms with Gasteiger partial charge in [-0.2, -0.15) is 0 Å². The molecule has 4 N–H and O–H groups in total. The number of amides is 1. The first-order valence-electron chi connectivity index (χ1n) is 4.02. The number of aliphatic imine (C=N–C) groups is 1. The Hall–Kier alpha value is -1.46. The van der Waals surface area contributed by atoms with Gasteiger partial charge in [0.15, 0.2) is 5.96 Å². The van der Waals surface area contributed by atoms with Gasteiger partial charge in [0.2, 0.25) is 0 Å². The fourth-order valence-electron chi connectivity index (χ4n) is 0.909. The van der Waals surface area contributed by atoms with E-state index >= 15 is 0 Å². The topological polar surface area (TPSA) is 87.7 Å². The summed E-state index contributed by atoms with van der Waals surface area (Å²) < 4.78 is 0. The van der Waals surface area contributed by atoms with Crippen LogP contribution in [0.2, 0.25) is 0 Å². The summed E-state index contributed by atoms with van der Waals surface area (Å²) in [5.74, 6) is -0.0960. The number of hydrogen-bond donors (Lipinski definition) is 3. The van der Waals surface area contributed by atoms with Crippen LogP contribution in [0, 0.1) is 0 Å². The van der Waals surface area contributed by atoms with Crippen molar-refractivity contribution in [2.45, 2.75) is 6.54 Å². The molecule has 0 aliphatic carbocycles. The average Bonchev–Trinajstić information content (AvgIpc) is 2.15. The van der Waals surface area contributed by atoms with E-state index in [1.807, 2.05) is 35.6 Å². The van der Waals surface area contributed by atoms with E-state index in [1.54, 1.807) is 0 Å². The highest BCUT2D eigenvalue weighted by atomic mass is 35.5. The number of carboxylic acid groups (broad SMARTS) is 1. The van der Waals surface area contributed by atoms with Crippen molar-refractivity contribution in [3.05, 3.63) is 35.9 Å². The van der Waals surface area contributed by atoms with Crippen molar-refractivity contribution < 1.29 is 9.90 Å². The van der Waals surface area contributed by atoms with Crippen LogP contribution in [0.15, 0.2) is 35.3 Å². The lowest BCUT2D eigenvalue weighted by atomic mass is 10.2. The molecule has 0 saturated carbocycles. The van der Waals surface area contributed by atoms with Crippen molar-refractivity contribution in [1.82, 2.24) is 5.32 Å². The van der Waals surface area contributed by atoms with Crippen molar-refractivity contribution in [3.8, 4) is 0 Å². The average molecular weight is 266 g/mol. The molecule has 0 bridgehead atoms. The summed E-state index contributed by atoms with van der Waals surface area (Å²) in [5.41, 5.74) is 6.26. The monoisotopic (exact) mass is 265 g/mol. The minimum atomic E-state index is -1.21. The van der Waals surface area contributed by atoms with Crippen molar-refractivity contribution >= 4 is 36.9 Å². The predicted molar refractivity (Wildman–Crippen MR) is 67.4 cm³/mol. The fraction of sp³-hybridized carbons (Fsp3) is 0.111. The van der Waals surface area contributed by atoms with Gasteiger partial charge in [-0.05, 0) is 5.56 Å². The number of benzene rings is 1. The molecule has 7 heteroatoms. The smallest absolute Gasteiger partial charge is 0.411 e. The number of nitrogens with zero attached hydrogens (tertiary/aromatic N) is 1. The zero-order valence-electron chi connectivity index (χ0n) is 8.29. The maximum Gasteiger partial charge on any atom is 0.411 e. The molecule has 0 radical (unpaired) electrons. The van der Waals surface area contributed by atoms with Crippen LogP contribution in [0.1, 0.15) is 5.56 Å². The van der Waals surface area contributed by atoms with Gasteiger partial charge in [-0.25, -0.2) is 9.79 Å². The molecule has 0 unspecified atom stereocenters. The molecule has 0 aliphatic heterocycles. The lowest BCUT2D eigenvalue weighted by Gasteiger charge is -1.99. The summed E-state index contributed by atoms with van der Waals surface area (Å²) in [6.07, 6.45) is -1.21. The Morgan fingerprint density at radius 2 is 1.88 bits per heavy atom. The Bertz CT molecular complexity index is 344. The SMILES string of the molecule is Cl.Cl.NC(=NCc1ccccc1)NC(=O)O. The lowest BCUT2D eigenvalue weighted by molar-refractivity contribution is 0.200. The molecule has 1 amide bonds. The third kappa shape index (κ3) is 6.92. The Kier molecular flexibility index (Phi) is 9.34. The van der Waals surface area contributed by atoms with Crippen LogP contribution in [-0.2, 0) is 6.54 Å². The minimum absolute atomic E-state index is 0. The fourth-order valence-corrected chi connectivity index (χ4v) is 0.909. The second-order valence-electron chi connectivity index (χ2n) is 2.62. The van der Waals surface area contributed by atoms with Gasteiger partial charge in [0, 0.05) is 0 Å². The van der Waals surface area contributed by atoms with E-state index in [1.165, 1.54) is 0 Å². The summed E-state index contributed by atoms with van der Waals surface area (Å²) in [6, 6.07) is 9.43. The van der Waals surface area contributed by atoms with Gasteiger partial charge in [-0.15, -0.1) is 24.8 Å². The molecule has 0 aromatic heterocycles. The van der Waals surface area contributed by atoms with E-state index in [9.17, 15) is 4.79 Å². The number of halogens is 2. The largest absolute Gasteiger partial charge is 0.465 e. The minimum Gasteiger partial charge on any atom is -0.465 e. The number of hydrogen-bond acceptors (Lipinski definition) is 2. The van der Waals surface area contributed by atoms with Crippen molar-refractivity contribution in [2.75, 3.05) is 0 Å². The summed E-state index contributed by atoms with van der Waals surface area (Å²) in [6.45, 7) is 0.368. The number of carbonyl (C=O) groups is 1. The molecule has 0 heterocycles. The predicted octanol–water partition coefficient (Wildman–Crippen LogP) is 1.61. The molecule has 1 aromatic carbocycles. The summed E-state index contributed by atoms with van der Waals surface area (Å²) in [7, 11) is 0. The van der Waals surface area contributed by atoms with Crippen LogP contribution in [0.5, 0.6) is 0 Å². The van der Waals surface area contributed by atoms with Crippen LogP contribution in [0.25, 0.3) is 0 Å². The molecule has 16 heavy (non-hydrogen) atoms. The Morgan fingerprint density at radius 1 is 1.31 bits per heavy atom. The molecule has 90 valence electrons. The summed E-state index contributed by atoms with van der Waals surface area (Å²) >= 11 is 0. The van der Waals surface area contributed by atoms with Gasteiger partial charge in [0.05, 0.1) is 6.54 Å². The van der Waals surface area contributed by atoms with Crippen LogP contribution in [-0.4, -0.2) is 17.2 Å². The molecular formula is C9H13Cl2N3O2. The first-order chi connectivity index (χ1) is 6.68. The molecular weight excluding hydrogens is 253 g/mol. The number of rotatable bonds is 2. The molecule has 0 saturated heterocycles. The zero-order chi connectivity index (χ0) is 10.4. The Balaban J connectivity index is 0. The highest BCUT2D eigenvalue weighted by Gasteiger charge is 1.96. The van der Waals surface area contributed by atoms with Gasteiger partial charge >= 0.3 is 6.09 Å². The van der Waals surface area contributed by atoms with Crippen LogP contribution in [0.3, 0.4) is 0 Å². The third-order valence-electron chi connectivity index (χ3n) is 1.51. The normalized spacial score (nSPS) is 9.62. The van der Waals surface area contributed by atoms with E-state index in [-0.39, 0.29) is 30.8 Å². The van der Waals surface area contributed by atoms with Crippen molar-refractivity contribution in [3.63, 3.8) is 0 Å². The van der Waals surface area contributed by atoms with E-state index in [0.29, 0.717) is 6.54 Å². The van der Waals surface area contributed by atoms with Gasteiger partial charge in [-0.1, -0.05) is 30.3 Å². The van der Waals surface area contributed by atoms with E-state index in [2.05, 4.69) is 4.99 Å². The molecule has 1 aromatic rings. The molecule has 0 aliphatic rings. The standard InChI is InChI=1S/C9H11N3O2.2ClH/c10-8(12-9(13)14)11-6-7-4-2-1-3-5-7;;/h1-5H,6H2,(H,13,14)(H3,10,11,12);2*1H. The van der Waals surface area contributed by atoms with Crippen molar-refractivity contribution in [1.29, 1.82) is 0 Å². The lowest BCUT2D eigenvalue weighted by Crippen LogP contribution is -2.35. The quantitative estimate of drug-likeness (QED) is 0.561. The van der Waals surface area contributed by atoms with Crippen molar-refractivity contribution in [2.24, 2.45) is 10.7 Å². The van der Waals surface area contributed by atoms with Crippen LogP contribution >= 0.6 is 24.8 Å². The Labute approximate surface area is 106 Å². The van der Waals surface area contributed by atoms with Crippen LogP contribution in [0.4, 0.5) is 4.79 Å². The first-order valence-corrected chi connectivity index (χ1v) is 4.02. The molecule has 0 atom stereocenters. The zero-order valence-corrected chi connectivity index (χ0v) is 9.92. The van der Waals surface area contributed by atoms with Gasteiger partial charge in [0.25, 0.3) is 0 Å². The van der Waals surface area contributed by atoms with E-state index in [4.69, 9.17) is 10.8 Å². The first kappa shape index (κ1) is 17.0. The van der Waals surface area contributed by atoms with Gasteiger partial charge in [-0.3, -0.25) is 5.32 Å². The number of nitrogens with two attached hydrogens (primary N) is 1. The summed E-state index contributed by atoms with van der Waals surface area (Å²) in [5, 5.41) is 10.3. The van der Waals surface area contributed by atoms with Crippen LogP contribution < -0.4 is 11.1 Å². The third-order valence-corrected chi connectivity index (χ3v) is 1.51. The maximum absolute atomic E-state index is 10.1. The van der Waals surface area contributed by atoms with E-state index in [0.717, 1.165) is 5.56 Å². The highest BCUT2D eigenvalue weighted by Crippen LogP contribution is 1.99. The number of guanidine groups is 1. The Morgan fingerprint density at radius 3 is 2.38 bits per heavy atom. The molecule has 5 nitrogen and oxygen atoms in total. The second-order valence-corrected chi connectivity index (χ2v) is 2.62. The summed E-state index contributed by atoms with van der Waals surface area (Å²) in [4.78, 5) is 14.0. The highest BCUT2D eigenvalue weighted by molar-refractivity contribution is 5.91. The molecule has 0 spiro atoms. The maximum atomic E-state index is 10.1. The van der Waals surface area contributed by atoms with E-state index < -0.39 is 6.09 Å². The van der Waals surface area contributed by atoms with Gasteiger partial charge in [0.1, 0.15) is 0 Å². The molecule has 0 fully saturated rings.